The SMILES string of the molecule is CC(C)C(=O)Nc1ccc(C(=O)NC(C)c2ccc3c(c2)OCO3)cc1. The maximum Gasteiger partial charge on any atom is 0.251 e. The van der Waals surface area contributed by atoms with Gasteiger partial charge in [0, 0.05) is 17.2 Å². The summed E-state index contributed by atoms with van der Waals surface area (Å²) in [7, 11) is 0. The van der Waals surface area contributed by atoms with E-state index < -0.39 is 0 Å². The molecule has 1 atom stereocenters. The fourth-order valence-corrected chi connectivity index (χ4v) is 2.54. The van der Waals surface area contributed by atoms with Crippen LogP contribution in [0.5, 0.6) is 11.5 Å². The van der Waals surface area contributed by atoms with Crippen LogP contribution in [0.4, 0.5) is 5.69 Å². The van der Waals surface area contributed by atoms with Crippen LogP contribution in [0.15, 0.2) is 42.5 Å². The second kappa shape index (κ2) is 7.47. The van der Waals surface area contributed by atoms with Crippen molar-refractivity contribution >= 4 is 17.5 Å². The van der Waals surface area contributed by atoms with E-state index in [4.69, 9.17) is 9.47 Å². The Labute approximate surface area is 152 Å². The van der Waals surface area contributed by atoms with E-state index >= 15 is 0 Å². The van der Waals surface area contributed by atoms with Crippen molar-refractivity contribution in [3.63, 3.8) is 0 Å². The summed E-state index contributed by atoms with van der Waals surface area (Å²) in [5.41, 5.74) is 2.13. The third-order valence-electron chi connectivity index (χ3n) is 4.18. The van der Waals surface area contributed by atoms with Crippen molar-refractivity contribution in [2.45, 2.75) is 26.8 Å². The van der Waals surface area contributed by atoms with E-state index in [1.807, 2.05) is 39.0 Å². The highest BCUT2D eigenvalue weighted by Crippen LogP contribution is 2.34. The van der Waals surface area contributed by atoms with E-state index in [0.29, 0.717) is 22.7 Å². The molecule has 1 unspecified atom stereocenters. The van der Waals surface area contributed by atoms with Crippen LogP contribution in [0.25, 0.3) is 0 Å². The van der Waals surface area contributed by atoms with Gasteiger partial charge in [-0.25, -0.2) is 0 Å². The molecule has 0 aliphatic carbocycles. The normalized spacial score (nSPS) is 13.4. The monoisotopic (exact) mass is 354 g/mol. The topological polar surface area (TPSA) is 76.7 Å². The van der Waals surface area contributed by atoms with Crippen molar-refractivity contribution < 1.29 is 19.1 Å². The number of carbonyl (C=O) groups excluding carboxylic acids is 2. The summed E-state index contributed by atoms with van der Waals surface area (Å²) in [4.78, 5) is 24.2. The summed E-state index contributed by atoms with van der Waals surface area (Å²) < 4.78 is 10.7. The molecule has 6 nitrogen and oxygen atoms in total. The predicted octanol–water partition coefficient (Wildman–Crippen LogP) is 3.50. The lowest BCUT2D eigenvalue weighted by atomic mass is 10.1. The number of rotatable bonds is 5. The first kappa shape index (κ1) is 17.8. The van der Waals surface area contributed by atoms with Crippen molar-refractivity contribution in [3.05, 3.63) is 53.6 Å². The van der Waals surface area contributed by atoms with Crippen LogP contribution in [0.1, 0.15) is 42.7 Å². The van der Waals surface area contributed by atoms with Crippen LogP contribution < -0.4 is 20.1 Å². The molecule has 6 heteroatoms. The van der Waals surface area contributed by atoms with E-state index in [9.17, 15) is 9.59 Å². The molecule has 0 aromatic heterocycles. The van der Waals surface area contributed by atoms with Gasteiger partial charge in [0.1, 0.15) is 0 Å². The maximum absolute atomic E-state index is 12.4. The lowest BCUT2D eigenvalue weighted by molar-refractivity contribution is -0.118. The van der Waals surface area contributed by atoms with Crippen LogP contribution in [-0.2, 0) is 4.79 Å². The quantitative estimate of drug-likeness (QED) is 0.862. The first-order valence-electron chi connectivity index (χ1n) is 8.55. The molecular formula is C20H22N2O4. The Kier molecular flexibility index (Phi) is 5.11. The Hall–Kier alpha value is -3.02. The second-order valence-corrected chi connectivity index (χ2v) is 6.53. The second-order valence-electron chi connectivity index (χ2n) is 6.53. The van der Waals surface area contributed by atoms with Crippen molar-refractivity contribution in [1.82, 2.24) is 5.32 Å². The fourth-order valence-electron chi connectivity index (χ4n) is 2.54. The smallest absolute Gasteiger partial charge is 0.251 e. The number of fused-ring (bicyclic) bond motifs is 1. The summed E-state index contributed by atoms with van der Waals surface area (Å²) >= 11 is 0. The summed E-state index contributed by atoms with van der Waals surface area (Å²) in [5, 5.41) is 5.76. The van der Waals surface area contributed by atoms with Crippen LogP contribution in [-0.4, -0.2) is 18.6 Å². The Bertz CT molecular complexity index is 815. The number of carbonyl (C=O) groups is 2. The van der Waals surface area contributed by atoms with Gasteiger partial charge in [0.15, 0.2) is 11.5 Å². The summed E-state index contributed by atoms with van der Waals surface area (Å²) in [5.74, 6) is 1.07. The summed E-state index contributed by atoms with van der Waals surface area (Å²) in [6.45, 7) is 5.79. The highest BCUT2D eigenvalue weighted by molar-refractivity contribution is 5.96. The van der Waals surface area contributed by atoms with Gasteiger partial charge in [-0.3, -0.25) is 9.59 Å². The van der Waals surface area contributed by atoms with E-state index in [2.05, 4.69) is 10.6 Å². The van der Waals surface area contributed by atoms with Crippen LogP contribution in [0.2, 0.25) is 0 Å². The number of nitrogens with one attached hydrogen (secondary N) is 2. The zero-order chi connectivity index (χ0) is 18.7. The molecular weight excluding hydrogens is 332 g/mol. The Balaban J connectivity index is 1.63. The Morgan fingerprint density at radius 2 is 1.65 bits per heavy atom. The molecule has 1 heterocycles. The molecule has 0 fully saturated rings. The third-order valence-corrected chi connectivity index (χ3v) is 4.18. The number of anilines is 1. The van der Waals surface area contributed by atoms with Crippen LogP contribution in [0, 0.1) is 5.92 Å². The molecule has 0 saturated carbocycles. The molecule has 136 valence electrons. The summed E-state index contributed by atoms with van der Waals surface area (Å²) in [6, 6.07) is 12.3. The molecule has 2 amide bonds. The minimum absolute atomic E-state index is 0.0568. The Morgan fingerprint density at radius 1 is 0.962 bits per heavy atom. The molecule has 3 rings (SSSR count). The molecule has 0 saturated heterocycles. The average Bonchev–Trinajstić information content (AvgIpc) is 3.09. The molecule has 26 heavy (non-hydrogen) atoms. The number of benzene rings is 2. The van der Waals surface area contributed by atoms with Gasteiger partial charge in [-0.1, -0.05) is 19.9 Å². The van der Waals surface area contributed by atoms with Crippen LogP contribution in [0.3, 0.4) is 0 Å². The molecule has 0 radical (unpaired) electrons. The zero-order valence-corrected chi connectivity index (χ0v) is 15.0. The van der Waals surface area contributed by atoms with Crippen LogP contribution >= 0.6 is 0 Å². The van der Waals surface area contributed by atoms with Crippen molar-refractivity contribution in [1.29, 1.82) is 0 Å². The number of ether oxygens (including phenoxy) is 2. The average molecular weight is 354 g/mol. The van der Waals surface area contributed by atoms with Gasteiger partial charge >= 0.3 is 0 Å². The molecule has 2 N–H and O–H groups in total. The highest BCUT2D eigenvalue weighted by atomic mass is 16.7. The molecule has 2 aromatic rings. The van der Waals surface area contributed by atoms with Gasteiger partial charge in [0.05, 0.1) is 6.04 Å². The van der Waals surface area contributed by atoms with Gasteiger partial charge in [-0.2, -0.15) is 0 Å². The lowest BCUT2D eigenvalue weighted by Gasteiger charge is -2.15. The first-order valence-corrected chi connectivity index (χ1v) is 8.55. The minimum Gasteiger partial charge on any atom is -0.454 e. The number of amides is 2. The minimum atomic E-state index is -0.183. The third kappa shape index (κ3) is 3.96. The van der Waals surface area contributed by atoms with Gasteiger partial charge in [-0.15, -0.1) is 0 Å². The number of hydrogen-bond acceptors (Lipinski definition) is 4. The standard InChI is InChI=1S/C20H22N2O4/c1-12(2)19(23)22-16-7-4-14(5-8-16)20(24)21-13(3)15-6-9-17-18(10-15)26-11-25-17/h4-10,12-13H,11H2,1-3H3,(H,21,24)(H,22,23). The maximum atomic E-state index is 12.4. The van der Waals surface area contributed by atoms with Crippen molar-refractivity contribution in [3.8, 4) is 11.5 Å². The van der Waals surface area contributed by atoms with E-state index in [0.717, 1.165) is 5.56 Å². The van der Waals surface area contributed by atoms with Gasteiger partial charge in [0.25, 0.3) is 5.91 Å². The van der Waals surface area contributed by atoms with E-state index in [-0.39, 0.29) is 30.6 Å². The molecule has 2 aromatic carbocycles. The molecule has 0 bridgehead atoms. The fraction of sp³-hybridized carbons (Fsp3) is 0.300. The number of hydrogen-bond donors (Lipinski definition) is 2. The van der Waals surface area contributed by atoms with Gasteiger partial charge < -0.3 is 20.1 Å². The lowest BCUT2D eigenvalue weighted by Crippen LogP contribution is -2.26. The van der Waals surface area contributed by atoms with Gasteiger partial charge in [-0.05, 0) is 48.9 Å². The first-order chi connectivity index (χ1) is 12.4. The molecule has 1 aliphatic heterocycles. The summed E-state index contributed by atoms with van der Waals surface area (Å²) in [6.07, 6.45) is 0. The predicted molar refractivity (Wildman–Crippen MR) is 98.4 cm³/mol. The zero-order valence-electron chi connectivity index (χ0n) is 15.0. The van der Waals surface area contributed by atoms with Crippen molar-refractivity contribution in [2.24, 2.45) is 5.92 Å². The highest BCUT2D eigenvalue weighted by Gasteiger charge is 2.17. The van der Waals surface area contributed by atoms with Crippen molar-refractivity contribution in [2.75, 3.05) is 12.1 Å². The van der Waals surface area contributed by atoms with Gasteiger partial charge in [0.2, 0.25) is 12.7 Å². The van der Waals surface area contributed by atoms with E-state index in [1.54, 1.807) is 24.3 Å². The van der Waals surface area contributed by atoms with E-state index in [1.165, 1.54) is 0 Å². The molecule has 1 aliphatic rings. The largest absolute Gasteiger partial charge is 0.454 e. The molecule has 0 spiro atoms. The Morgan fingerprint density at radius 3 is 2.35 bits per heavy atom.